The Balaban J connectivity index is 0.00000196. The third-order valence-corrected chi connectivity index (χ3v) is 2.68. The molecule has 0 bridgehead atoms. The van der Waals surface area contributed by atoms with E-state index < -0.39 is 14.1 Å². The van der Waals surface area contributed by atoms with Crippen molar-refractivity contribution in [3.63, 3.8) is 0 Å². The van der Waals surface area contributed by atoms with Crippen LogP contribution in [0.1, 0.15) is 5.56 Å². The second-order valence-electron chi connectivity index (χ2n) is 2.93. The van der Waals surface area contributed by atoms with Crippen molar-refractivity contribution in [3.05, 3.63) is 29.8 Å². The first-order chi connectivity index (χ1) is 6.65. The van der Waals surface area contributed by atoms with Crippen molar-refractivity contribution in [2.45, 2.75) is 12.5 Å². The topological polar surface area (TPSA) is 80.6 Å². The molecular weight excluding hydrogens is 226 g/mol. The van der Waals surface area contributed by atoms with E-state index in [4.69, 9.17) is 5.11 Å². The molecule has 15 heavy (non-hydrogen) atoms. The predicted molar refractivity (Wildman–Crippen MR) is 50.5 cm³/mol. The minimum absolute atomic E-state index is 0. The Hall–Kier alpha value is 0.200. The summed E-state index contributed by atoms with van der Waals surface area (Å²) >= 11 is 0. The Morgan fingerprint density at radius 1 is 1.40 bits per heavy atom. The molecule has 76 valence electrons. The summed E-state index contributed by atoms with van der Waals surface area (Å²) in [7, 11) is -2.64. The van der Waals surface area contributed by atoms with Crippen molar-refractivity contribution >= 4 is 13.3 Å². The summed E-state index contributed by atoms with van der Waals surface area (Å²) < 4.78 is 10.8. The maximum atomic E-state index is 10.8. The summed E-state index contributed by atoms with van der Waals surface area (Å²) in [4.78, 5) is 10.8. The average molecular weight is 237 g/mol. The van der Waals surface area contributed by atoms with E-state index in [0.717, 1.165) is 0 Å². The smallest absolute Gasteiger partial charge is 0.591 e. The Bertz CT molecular complexity index is 332. The van der Waals surface area contributed by atoms with E-state index in [1.54, 1.807) is 18.2 Å². The molecule has 0 amide bonds. The average Bonchev–Trinajstić information content (AvgIpc) is 2.18. The van der Waals surface area contributed by atoms with Crippen LogP contribution >= 0.6 is 8.03 Å². The fraction of sp³-hybridized carbons (Fsp3) is 0.333. The third-order valence-electron chi connectivity index (χ3n) is 1.85. The van der Waals surface area contributed by atoms with Crippen LogP contribution in [0.5, 0.6) is 0 Å². The third kappa shape index (κ3) is 4.70. The number of benzene rings is 1. The molecule has 0 aliphatic heterocycles. The van der Waals surface area contributed by atoms with Crippen LogP contribution < -0.4 is 39.8 Å². The number of rotatable bonds is 4. The summed E-state index contributed by atoms with van der Waals surface area (Å²) in [5, 5.41) is 18.0. The van der Waals surface area contributed by atoms with Crippen LogP contribution in [-0.2, 0) is 11.0 Å². The molecule has 2 atom stereocenters. The molecule has 1 aromatic carbocycles. The normalized spacial score (nSPS) is 12.9. The second-order valence-corrected chi connectivity index (χ2v) is 3.92. The molecule has 6 heteroatoms. The SMILES string of the molecule is O=[P+]([O-])c1ccccc1CC(O)CO.[Na+]. The molecule has 0 heterocycles. The van der Waals surface area contributed by atoms with E-state index in [9.17, 15) is 14.6 Å². The van der Waals surface area contributed by atoms with Gasteiger partial charge in [-0.15, -0.1) is 0 Å². The van der Waals surface area contributed by atoms with E-state index in [2.05, 4.69) is 0 Å². The molecule has 1 rings (SSSR count). The zero-order valence-corrected chi connectivity index (χ0v) is 11.4. The number of aliphatic hydroxyl groups is 2. The fourth-order valence-electron chi connectivity index (χ4n) is 1.18. The van der Waals surface area contributed by atoms with Crippen molar-refractivity contribution in [2.24, 2.45) is 0 Å². The Morgan fingerprint density at radius 2 is 2.00 bits per heavy atom. The van der Waals surface area contributed by atoms with Crippen molar-refractivity contribution in [1.29, 1.82) is 0 Å². The van der Waals surface area contributed by atoms with Gasteiger partial charge in [-0.3, -0.25) is 0 Å². The van der Waals surface area contributed by atoms with Gasteiger partial charge in [-0.1, -0.05) is 22.8 Å². The molecule has 0 aliphatic carbocycles. The monoisotopic (exact) mass is 237 g/mol. The van der Waals surface area contributed by atoms with Crippen molar-refractivity contribution < 1.29 is 49.2 Å². The maximum Gasteiger partial charge on any atom is 1.00 e. The van der Waals surface area contributed by atoms with Gasteiger partial charge in [0.2, 0.25) is 0 Å². The molecule has 0 fully saturated rings. The van der Waals surface area contributed by atoms with Gasteiger partial charge >= 0.3 is 37.6 Å². The maximum absolute atomic E-state index is 10.8. The quantitative estimate of drug-likeness (QED) is 0.417. The Kier molecular flexibility index (Phi) is 7.57. The van der Waals surface area contributed by atoms with E-state index in [0.29, 0.717) is 5.56 Å². The molecule has 2 N–H and O–H groups in total. The summed E-state index contributed by atoms with van der Waals surface area (Å²) in [5.41, 5.74) is 0.533. The van der Waals surface area contributed by atoms with Gasteiger partial charge in [-0.2, -0.15) is 0 Å². The zero-order chi connectivity index (χ0) is 10.6. The first kappa shape index (κ1) is 15.2. The molecule has 0 spiro atoms. The van der Waals surface area contributed by atoms with Gasteiger partial charge < -0.3 is 15.1 Å². The molecule has 2 unspecified atom stereocenters. The minimum atomic E-state index is -2.64. The molecule has 0 aromatic heterocycles. The Morgan fingerprint density at radius 3 is 2.53 bits per heavy atom. The number of hydrogen-bond acceptors (Lipinski definition) is 4. The Labute approximate surface area is 111 Å². The van der Waals surface area contributed by atoms with E-state index in [1.165, 1.54) is 6.07 Å². The summed E-state index contributed by atoms with van der Waals surface area (Å²) in [5.74, 6) is 0. The van der Waals surface area contributed by atoms with Crippen LogP contribution in [0.3, 0.4) is 0 Å². The standard InChI is InChI=1S/C9H11O4P.Na/c10-6-8(11)5-7-3-1-2-4-9(7)14(12)13;/h1-4,8,10-11H,5-6H2;/q;+1. The van der Waals surface area contributed by atoms with Gasteiger partial charge in [0.25, 0.3) is 0 Å². The molecule has 4 nitrogen and oxygen atoms in total. The molecule has 0 saturated carbocycles. The van der Waals surface area contributed by atoms with Gasteiger partial charge in [-0.25, -0.2) is 0 Å². The van der Waals surface area contributed by atoms with E-state index in [-0.39, 0.29) is 47.9 Å². The van der Waals surface area contributed by atoms with Gasteiger partial charge in [-0.05, 0) is 6.07 Å². The number of hydrogen-bond donors (Lipinski definition) is 2. The molecule has 0 saturated heterocycles. The zero-order valence-electron chi connectivity index (χ0n) is 8.46. The van der Waals surface area contributed by atoms with Crippen LogP contribution in [-0.4, -0.2) is 22.9 Å². The molecule has 0 aliphatic rings. The van der Waals surface area contributed by atoms with Gasteiger partial charge in [0, 0.05) is 12.0 Å². The van der Waals surface area contributed by atoms with Crippen molar-refractivity contribution in [2.75, 3.05) is 6.61 Å². The van der Waals surface area contributed by atoms with E-state index in [1.807, 2.05) is 0 Å². The van der Waals surface area contributed by atoms with Crippen LogP contribution in [0, 0.1) is 0 Å². The van der Waals surface area contributed by atoms with Gasteiger partial charge in [0.1, 0.15) is 0 Å². The van der Waals surface area contributed by atoms with Crippen molar-refractivity contribution in [1.82, 2.24) is 0 Å². The van der Waals surface area contributed by atoms with Crippen LogP contribution in [0.15, 0.2) is 24.3 Å². The molecular formula is C9H11NaO4P+. The number of aliphatic hydroxyl groups excluding tert-OH is 2. The largest absolute Gasteiger partial charge is 1.00 e. The van der Waals surface area contributed by atoms with Crippen LogP contribution in [0.2, 0.25) is 0 Å². The predicted octanol–water partition coefficient (Wildman–Crippen LogP) is -3.69. The van der Waals surface area contributed by atoms with Crippen LogP contribution in [0.25, 0.3) is 0 Å². The van der Waals surface area contributed by atoms with E-state index >= 15 is 0 Å². The minimum Gasteiger partial charge on any atom is -0.591 e. The van der Waals surface area contributed by atoms with Gasteiger partial charge in [0.05, 0.1) is 12.7 Å². The summed E-state index contributed by atoms with van der Waals surface area (Å²) in [6, 6.07) is 6.42. The first-order valence-corrected chi connectivity index (χ1v) is 5.34. The molecule has 1 aromatic rings. The fourth-order valence-corrected chi connectivity index (χ4v) is 1.79. The van der Waals surface area contributed by atoms with Crippen LogP contribution in [0.4, 0.5) is 0 Å². The first-order valence-electron chi connectivity index (χ1n) is 4.16. The molecule has 0 radical (unpaired) electrons. The summed E-state index contributed by atoms with van der Waals surface area (Å²) in [6.45, 7) is -0.371. The summed E-state index contributed by atoms with van der Waals surface area (Å²) in [6.07, 6.45) is -0.762. The second kappa shape index (κ2) is 7.47. The van der Waals surface area contributed by atoms with Crippen molar-refractivity contribution in [3.8, 4) is 0 Å². The van der Waals surface area contributed by atoms with Gasteiger partial charge in [0.15, 0.2) is 5.30 Å².